The molecule has 0 bridgehead atoms. The maximum atomic E-state index is 9.26. The highest BCUT2D eigenvalue weighted by Gasteiger charge is 2.16. The Morgan fingerprint density at radius 1 is 0.562 bits per heavy atom. The van der Waals surface area contributed by atoms with E-state index in [0.717, 1.165) is 60.8 Å². The van der Waals surface area contributed by atoms with Crippen molar-refractivity contribution in [2.45, 2.75) is 13.8 Å². The van der Waals surface area contributed by atoms with Gasteiger partial charge in [-0.25, -0.2) is 19.0 Å². The van der Waals surface area contributed by atoms with Gasteiger partial charge in [-0.05, 0) is 94.9 Å². The van der Waals surface area contributed by atoms with Gasteiger partial charge in [-0.3, -0.25) is 9.97 Å². The zero-order valence-electron chi connectivity index (χ0n) is 26.1. The molecule has 0 saturated carbocycles. The molecule has 8 rings (SSSR count). The van der Waals surface area contributed by atoms with Gasteiger partial charge >= 0.3 is 7.12 Å². The number of halogens is 1. The number of aryl methyl sites for hydroxylation is 2. The SMILES string of the molecule is Brc1ccc2ncnn2c1.Cc1cccc(-c2ccccc2-c2ccc3ncnn3c2)n1.Cc1cccc(-c2ccccc2B(O)O)n1. The molecule has 0 fully saturated rings. The second-order valence-corrected chi connectivity index (χ2v) is 11.6. The zero-order chi connectivity index (χ0) is 33.5. The molecule has 0 atom stereocenters. The molecule has 2 aromatic carbocycles. The van der Waals surface area contributed by atoms with E-state index >= 15 is 0 Å². The summed E-state index contributed by atoms with van der Waals surface area (Å²) < 4.78 is 4.50. The van der Waals surface area contributed by atoms with Crippen molar-refractivity contribution < 1.29 is 10.0 Å². The number of hydrogen-bond acceptors (Lipinski definition) is 8. The van der Waals surface area contributed by atoms with Crippen molar-refractivity contribution in [2.24, 2.45) is 0 Å². The highest BCUT2D eigenvalue weighted by atomic mass is 79.9. The van der Waals surface area contributed by atoms with Crippen LogP contribution in [-0.4, -0.2) is 56.3 Å². The second-order valence-electron chi connectivity index (χ2n) is 10.7. The molecule has 0 amide bonds. The molecule has 236 valence electrons. The number of benzene rings is 2. The van der Waals surface area contributed by atoms with Gasteiger partial charge in [0.15, 0.2) is 11.3 Å². The normalized spacial score (nSPS) is 10.6. The Balaban J connectivity index is 0.000000135. The van der Waals surface area contributed by atoms with Crippen LogP contribution < -0.4 is 5.46 Å². The summed E-state index contributed by atoms with van der Waals surface area (Å²) in [5.41, 5.74) is 9.93. The Hall–Kier alpha value is -5.56. The monoisotopic (exact) mass is 696 g/mol. The van der Waals surface area contributed by atoms with Gasteiger partial charge in [0.1, 0.15) is 12.7 Å². The summed E-state index contributed by atoms with van der Waals surface area (Å²) in [5.74, 6) is 0. The Labute approximate surface area is 285 Å². The molecule has 0 aliphatic rings. The molecule has 0 aliphatic heterocycles. The summed E-state index contributed by atoms with van der Waals surface area (Å²) in [5, 5.41) is 26.7. The lowest BCUT2D eigenvalue weighted by atomic mass is 9.76. The van der Waals surface area contributed by atoms with Gasteiger partial charge in [-0.2, -0.15) is 10.2 Å². The summed E-state index contributed by atoms with van der Waals surface area (Å²) in [6.07, 6.45) is 6.95. The minimum atomic E-state index is -1.47. The van der Waals surface area contributed by atoms with Crippen molar-refractivity contribution in [1.82, 2.24) is 39.2 Å². The van der Waals surface area contributed by atoms with Crippen LogP contribution in [0.3, 0.4) is 0 Å². The lowest BCUT2D eigenvalue weighted by Gasteiger charge is -2.10. The third-order valence-corrected chi connectivity index (χ3v) is 7.79. The molecule has 0 radical (unpaired) electrons. The van der Waals surface area contributed by atoms with Crippen LogP contribution in [0.5, 0.6) is 0 Å². The molecule has 0 aliphatic carbocycles. The molecule has 0 saturated heterocycles. The van der Waals surface area contributed by atoms with Gasteiger partial charge in [0.05, 0.1) is 11.4 Å². The first kappa shape index (κ1) is 32.4. The minimum Gasteiger partial charge on any atom is -0.423 e. The quantitative estimate of drug-likeness (QED) is 0.215. The maximum absolute atomic E-state index is 9.26. The Morgan fingerprint density at radius 3 is 1.73 bits per heavy atom. The molecule has 48 heavy (non-hydrogen) atoms. The van der Waals surface area contributed by atoms with E-state index < -0.39 is 7.12 Å². The molecule has 10 nitrogen and oxygen atoms in total. The van der Waals surface area contributed by atoms with Crippen molar-refractivity contribution in [3.05, 3.63) is 150 Å². The molecule has 6 heterocycles. The average molecular weight is 697 g/mol. The van der Waals surface area contributed by atoms with Crippen LogP contribution in [0.4, 0.5) is 0 Å². The molecule has 0 unspecified atom stereocenters. The number of pyridine rings is 4. The number of hydrogen-bond donors (Lipinski definition) is 2. The number of nitrogens with zero attached hydrogens (tertiary/aromatic N) is 8. The van der Waals surface area contributed by atoms with E-state index in [1.54, 1.807) is 27.5 Å². The summed E-state index contributed by atoms with van der Waals surface area (Å²) in [6.45, 7) is 3.91. The van der Waals surface area contributed by atoms with Crippen LogP contribution in [-0.2, 0) is 0 Å². The van der Waals surface area contributed by atoms with E-state index in [1.165, 1.54) is 6.33 Å². The molecule has 2 N–H and O–H groups in total. The van der Waals surface area contributed by atoms with Gasteiger partial charge in [-0.1, -0.05) is 60.7 Å². The number of aromatic nitrogens is 8. The van der Waals surface area contributed by atoms with Crippen LogP contribution in [0.25, 0.3) is 44.9 Å². The Kier molecular flexibility index (Phi) is 10.1. The lowest BCUT2D eigenvalue weighted by molar-refractivity contribution is 0.426. The largest absolute Gasteiger partial charge is 0.489 e. The van der Waals surface area contributed by atoms with Crippen molar-refractivity contribution in [1.29, 1.82) is 0 Å². The van der Waals surface area contributed by atoms with E-state index in [2.05, 4.69) is 64.3 Å². The van der Waals surface area contributed by atoms with E-state index in [0.29, 0.717) is 5.46 Å². The first-order valence-corrected chi connectivity index (χ1v) is 15.8. The van der Waals surface area contributed by atoms with Crippen LogP contribution in [0, 0.1) is 13.8 Å². The summed E-state index contributed by atoms with van der Waals surface area (Å²) in [4.78, 5) is 17.2. The molecule has 0 spiro atoms. The third-order valence-electron chi connectivity index (χ3n) is 7.32. The fourth-order valence-electron chi connectivity index (χ4n) is 5.07. The van der Waals surface area contributed by atoms with Gasteiger partial charge in [-0.15, -0.1) is 0 Å². The molecule has 8 aromatic rings. The van der Waals surface area contributed by atoms with E-state index in [1.807, 2.05) is 105 Å². The fourth-order valence-corrected chi connectivity index (χ4v) is 5.39. The van der Waals surface area contributed by atoms with Gasteiger partial charge in [0.2, 0.25) is 0 Å². The van der Waals surface area contributed by atoms with Crippen LogP contribution in [0.2, 0.25) is 0 Å². The van der Waals surface area contributed by atoms with E-state index in [9.17, 15) is 10.0 Å². The van der Waals surface area contributed by atoms with Crippen LogP contribution in [0.15, 0.2) is 139 Å². The Morgan fingerprint density at radius 2 is 1.10 bits per heavy atom. The van der Waals surface area contributed by atoms with E-state index in [-0.39, 0.29) is 0 Å². The standard InChI is InChI=1S/C18H14N4.C12H12BNO2.C6H4BrN3/c1-13-5-4-8-17(21-13)16-7-3-2-6-15(16)14-9-10-18-19-12-20-22(18)11-14;1-9-5-4-8-12(14-9)10-6-2-3-7-11(10)13(15)16;7-5-1-2-6-8-4-9-10(6)3-5/h2-12H,1H3;2-8,15-16H,1H3;1-4H. The highest BCUT2D eigenvalue weighted by molar-refractivity contribution is 9.10. The van der Waals surface area contributed by atoms with Crippen molar-refractivity contribution >= 4 is 39.8 Å². The molecular formula is C36H30BBrN8O2. The predicted molar refractivity (Wildman–Crippen MR) is 191 cm³/mol. The van der Waals surface area contributed by atoms with E-state index in [4.69, 9.17) is 0 Å². The topological polar surface area (TPSA) is 127 Å². The first-order chi connectivity index (χ1) is 23.4. The van der Waals surface area contributed by atoms with Crippen molar-refractivity contribution in [2.75, 3.05) is 0 Å². The Bertz CT molecular complexity index is 2310. The van der Waals surface area contributed by atoms with Crippen molar-refractivity contribution in [3.63, 3.8) is 0 Å². The van der Waals surface area contributed by atoms with Gasteiger partial charge < -0.3 is 10.0 Å². The molecular weight excluding hydrogens is 667 g/mol. The summed E-state index contributed by atoms with van der Waals surface area (Å²) in [7, 11) is -1.47. The van der Waals surface area contributed by atoms with Crippen LogP contribution in [0.1, 0.15) is 11.4 Å². The highest BCUT2D eigenvalue weighted by Crippen LogP contribution is 2.31. The minimum absolute atomic E-state index is 0.473. The van der Waals surface area contributed by atoms with Crippen molar-refractivity contribution in [3.8, 4) is 33.6 Å². The van der Waals surface area contributed by atoms with Crippen LogP contribution >= 0.6 is 15.9 Å². The van der Waals surface area contributed by atoms with Gasteiger partial charge in [0.25, 0.3) is 0 Å². The number of rotatable bonds is 4. The third kappa shape index (κ3) is 7.69. The zero-order valence-corrected chi connectivity index (χ0v) is 27.7. The predicted octanol–water partition coefficient (Wildman–Crippen LogP) is 6.00. The smallest absolute Gasteiger partial charge is 0.423 e. The maximum Gasteiger partial charge on any atom is 0.489 e. The first-order valence-electron chi connectivity index (χ1n) is 15.0. The molecule has 12 heteroatoms. The molecule has 6 aromatic heterocycles. The summed E-state index contributed by atoms with van der Waals surface area (Å²) >= 11 is 3.33. The average Bonchev–Trinajstić information content (AvgIpc) is 3.78. The fraction of sp³-hybridized carbons (Fsp3) is 0.0556. The summed E-state index contributed by atoms with van der Waals surface area (Å²) in [6, 6.07) is 35.1. The second kappa shape index (κ2) is 14.9. The number of fused-ring (bicyclic) bond motifs is 2. The van der Waals surface area contributed by atoms with Gasteiger partial charge in [0, 0.05) is 39.4 Å². The lowest BCUT2D eigenvalue weighted by Crippen LogP contribution is -2.31.